The molecule has 1 heterocycles. The summed E-state index contributed by atoms with van der Waals surface area (Å²) in [4.78, 5) is 8.60. The predicted molar refractivity (Wildman–Crippen MR) is 129 cm³/mol. The molecule has 0 fully saturated rings. The van der Waals surface area contributed by atoms with Crippen molar-refractivity contribution < 1.29 is 17.6 Å². The molecule has 0 radical (unpaired) electrons. The molecule has 3 aromatic carbocycles. The van der Waals surface area contributed by atoms with Crippen LogP contribution in [0.1, 0.15) is 16.7 Å². The molecular weight excluding hydrogens is 456 g/mol. The molecule has 8 heteroatoms. The van der Waals surface area contributed by atoms with Crippen LogP contribution >= 0.6 is 0 Å². The molecule has 0 bridgehead atoms. The highest BCUT2D eigenvalue weighted by molar-refractivity contribution is 5.68. The van der Waals surface area contributed by atoms with Crippen LogP contribution in [0.2, 0.25) is 0 Å². The zero-order valence-corrected chi connectivity index (χ0v) is 18.6. The fourth-order valence-electron chi connectivity index (χ4n) is 3.49. The normalized spacial score (nSPS) is 11.2. The minimum Gasteiger partial charge on any atom is -0.385 e. The molecule has 4 nitrogen and oxygen atoms in total. The van der Waals surface area contributed by atoms with Crippen LogP contribution in [-0.2, 0) is 12.6 Å². The van der Waals surface area contributed by atoms with E-state index in [1.807, 2.05) is 24.3 Å². The predicted octanol–water partition coefficient (Wildman–Crippen LogP) is 6.85. The number of nitrogens with zero attached hydrogens (tertiary/aromatic N) is 2. The van der Waals surface area contributed by atoms with Gasteiger partial charge >= 0.3 is 6.18 Å². The van der Waals surface area contributed by atoms with E-state index in [4.69, 9.17) is 0 Å². The molecule has 2 N–H and O–H groups in total. The van der Waals surface area contributed by atoms with E-state index in [2.05, 4.69) is 27.2 Å². The Kier molecular flexibility index (Phi) is 7.10. The molecule has 0 saturated heterocycles. The highest BCUT2D eigenvalue weighted by Gasteiger charge is 2.30. The third-order valence-corrected chi connectivity index (χ3v) is 5.28. The summed E-state index contributed by atoms with van der Waals surface area (Å²) in [7, 11) is 0. The summed E-state index contributed by atoms with van der Waals surface area (Å²) in [5.74, 6) is 0.0515. The first-order chi connectivity index (χ1) is 16.8. The summed E-state index contributed by atoms with van der Waals surface area (Å²) in [6.07, 6.45) is -0.708. The molecular formula is C27H22F4N4. The van der Waals surface area contributed by atoms with E-state index in [1.54, 1.807) is 30.6 Å². The maximum atomic E-state index is 13.4. The van der Waals surface area contributed by atoms with Gasteiger partial charge in [-0.15, -0.1) is 0 Å². The van der Waals surface area contributed by atoms with Crippen LogP contribution in [0, 0.1) is 5.82 Å². The van der Waals surface area contributed by atoms with Gasteiger partial charge in [-0.25, -0.2) is 14.4 Å². The number of rotatable bonds is 8. The van der Waals surface area contributed by atoms with Crippen molar-refractivity contribution in [3.63, 3.8) is 0 Å². The van der Waals surface area contributed by atoms with Gasteiger partial charge in [0.15, 0.2) is 0 Å². The Bertz CT molecular complexity index is 1320. The van der Waals surface area contributed by atoms with Crippen molar-refractivity contribution in [2.24, 2.45) is 0 Å². The summed E-state index contributed by atoms with van der Waals surface area (Å²) in [6.45, 7) is 4.47. The highest BCUT2D eigenvalue weighted by Crippen LogP contribution is 2.29. The first kappa shape index (κ1) is 23.9. The minimum absolute atomic E-state index is 0.329. The van der Waals surface area contributed by atoms with Crippen LogP contribution in [0.15, 0.2) is 91.8 Å². The smallest absolute Gasteiger partial charge is 0.385 e. The fourth-order valence-corrected chi connectivity index (χ4v) is 3.49. The maximum absolute atomic E-state index is 13.4. The number of alkyl halides is 3. The molecule has 0 aliphatic carbocycles. The molecule has 0 saturated carbocycles. The number of aromatic nitrogens is 2. The second-order valence-electron chi connectivity index (χ2n) is 7.86. The topological polar surface area (TPSA) is 49.8 Å². The lowest BCUT2D eigenvalue weighted by Crippen LogP contribution is -2.15. The lowest BCUT2D eigenvalue weighted by Gasteiger charge is -2.13. The van der Waals surface area contributed by atoms with E-state index >= 15 is 0 Å². The number of hydrogen-bond donors (Lipinski definition) is 2. The van der Waals surface area contributed by atoms with Crippen molar-refractivity contribution in [1.82, 2.24) is 15.3 Å². The Morgan fingerprint density at radius 1 is 0.857 bits per heavy atom. The fraction of sp³-hybridized carbons (Fsp3) is 0.111. The molecule has 35 heavy (non-hydrogen) atoms. The number of hydrogen-bond acceptors (Lipinski definition) is 4. The average molecular weight is 478 g/mol. The summed E-state index contributed by atoms with van der Waals surface area (Å²) in [6, 6.07) is 18.9. The summed E-state index contributed by atoms with van der Waals surface area (Å²) in [5.41, 5.74) is 3.52. The Balaban J connectivity index is 1.35. The first-order valence-corrected chi connectivity index (χ1v) is 10.8. The van der Waals surface area contributed by atoms with Gasteiger partial charge in [0.25, 0.3) is 0 Å². The Labute approximate surface area is 200 Å². The molecule has 0 amide bonds. The molecule has 0 atom stereocenters. The van der Waals surface area contributed by atoms with Crippen molar-refractivity contribution in [2.45, 2.75) is 12.6 Å². The van der Waals surface area contributed by atoms with Gasteiger partial charge in [-0.3, -0.25) is 0 Å². The van der Waals surface area contributed by atoms with E-state index in [0.717, 1.165) is 23.4 Å². The van der Waals surface area contributed by atoms with Crippen molar-refractivity contribution in [2.75, 3.05) is 11.9 Å². The zero-order chi connectivity index (χ0) is 24.8. The van der Waals surface area contributed by atoms with E-state index < -0.39 is 11.7 Å². The third kappa shape index (κ3) is 6.44. The van der Waals surface area contributed by atoms with E-state index in [0.29, 0.717) is 41.3 Å². The lowest BCUT2D eigenvalue weighted by atomic mass is 10.1. The van der Waals surface area contributed by atoms with Crippen molar-refractivity contribution in [1.29, 1.82) is 0 Å². The van der Waals surface area contributed by atoms with Gasteiger partial charge in [0, 0.05) is 35.9 Å². The quantitative estimate of drug-likeness (QED) is 0.272. The van der Waals surface area contributed by atoms with Crippen LogP contribution in [0.4, 0.5) is 29.2 Å². The minimum atomic E-state index is -4.36. The van der Waals surface area contributed by atoms with Gasteiger partial charge < -0.3 is 10.6 Å². The Hall–Kier alpha value is -4.20. The first-order valence-electron chi connectivity index (χ1n) is 10.8. The van der Waals surface area contributed by atoms with E-state index in [-0.39, 0.29) is 5.82 Å². The van der Waals surface area contributed by atoms with Crippen LogP contribution in [0.3, 0.4) is 0 Å². The summed E-state index contributed by atoms with van der Waals surface area (Å²) >= 11 is 0. The molecule has 0 aliphatic rings. The number of nitrogens with one attached hydrogen (secondary N) is 2. The summed E-state index contributed by atoms with van der Waals surface area (Å²) in [5, 5.41) is 6.28. The monoisotopic (exact) mass is 478 g/mol. The highest BCUT2D eigenvalue weighted by atomic mass is 19.4. The third-order valence-electron chi connectivity index (χ3n) is 5.28. The van der Waals surface area contributed by atoms with Gasteiger partial charge in [-0.2, -0.15) is 13.2 Å². The standard InChI is InChI=1S/C27H22F4N4/c1-18(32-12-11-19-5-2-8-23(13-19)27(29,30)31)20-6-4-10-25(15-20)35-26-33-16-22(17-34-26)21-7-3-9-24(28)14-21/h2-10,13-17,32H,1,11-12H2,(H,33,34,35). The van der Waals surface area contributed by atoms with Crippen LogP contribution in [0.5, 0.6) is 0 Å². The molecule has 1 aromatic heterocycles. The van der Waals surface area contributed by atoms with Gasteiger partial charge in [0.2, 0.25) is 5.95 Å². The average Bonchev–Trinajstić information content (AvgIpc) is 2.84. The Morgan fingerprint density at radius 2 is 1.60 bits per heavy atom. The van der Waals surface area contributed by atoms with Crippen molar-refractivity contribution >= 4 is 17.3 Å². The number of halogens is 4. The second-order valence-corrected chi connectivity index (χ2v) is 7.86. The van der Waals surface area contributed by atoms with Crippen LogP contribution in [0.25, 0.3) is 16.8 Å². The van der Waals surface area contributed by atoms with Gasteiger partial charge in [-0.1, -0.05) is 49.0 Å². The zero-order valence-electron chi connectivity index (χ0n) is 18.6. The van der Waals surface area contributed by atoms with Crippen LogP contribution in [-0.4, -0.2) is 16.5 Å². The molecule has 4 aromatic rings. The summed E-state index contributed by atoms with van der Waals surface area (Å²) < 4.78 is 52.1. The lowest BCUT2D eigenvalue weighted by molar-refractivity contribution is -0.137. The van der Waals surface area contributed by atoms with Crippen molar-refractivity contribution in [3.05, 3.63) is 114 Å². The molecule has 0 unspecified atom stereocenters. The molecule has 0 aliphatic heterocycles. The molecule has 178 valence electrons. The maximum Gasteiger partial charge on any atom is 0.416 e. The number of benzene rings is 3. The Morgan fingerprint density at radius 3 is 2.34 bits per heavy atom. The molecule has 4 rings (SSSR count). The van der Waals surface area contributed by atoms with Crippen LogP contribution < -0.4 is 10.6 Å². The SMILES string of the molecule is C=C(NCCc1cccc(C(F)(F)F)c1)c1cccc(Nc2ncc(-c3cccc(F)c3)cn2)c1. The number of anilines is 2. The van der Waals surface area contributed by atoms with Gasteiger partial charge in [0.1, 0.15) is 5.82 Å². The largest absolute Gasteiger partial charge is 0.416 e. The van der Waals surface area contributed by atoms with Crippen molar-refractivity contribution in [3.8, 4) is 11.1 Å². The van der Waals surface area contributed by atoms with Gasteiger partial charge in [-0.05, 0) is 53.4 Å². The van der Waals surface area contributed by atoms with E-state index in [9.17, 15) is 17.6 Å². The second kappa shape index (κ2) is 10.4. The molecule has 0 spiro atoms. The van der Waals surface area contributed by atoms with E-state index in [1.165, 1.54) is 18.2 Å². The van der Waals surface area contributed by atoms with Gasteiger partial charge in [0.05, 0.1) is 5.56 Å².